The number of hydrogen-bond donors (Lipinski definition) is 2. The van der Waals surface area contributed by atoms with Crippen LogP contribution in [-0.4, -0.2) is 25.8 Å². The fraction of sp³-hybridized carbons (Fsp3) is 0.357. The van der Waals surface area contributed by atoms with Gasteiger partial charge in [-0.05, 0) is 31.5 Å². The maximum Gasteiger partial charge on any atom is 0.225 e. The average molecular weight is 274 g/mol. The van der Waals surface area contributed by atoms with E-state index in [0.29, 0.717) is 6.54 Å². The molecule has 1 aromatic heterocycles. The minimum absolute atomic E-state index is 0.117. The number of benzene rings is 1. The second-order valence-corrected chi connectivity index (χ2v) is 4.57. The van der Waals surface area contributed by atoms with Gasteiger partial charge in [-0.2, -0.15) is 5.10 Å². The molecule has 106 valence electrons. The molecule has 1 atom stereocenters. The van der Waals surface area contributed by atoms with E-state index in [1.165, 1.54) is 6.33 Å². The van der Waals surface area contributed by atoms with Crippen molar-refractivity contribution in [3.63, 3.8) is 0 Å². The third-order valence-corrected chi connectivity index (χ3v) is 2.99. The van der Waals surface area contributed by atoms with Gasteiger partial charge in [0.25, 0.3) is 0 Å². The van der Waals surface area contributed by atoms with Crippen LogP contribution in [0.5, 0.6) is 5.75 Å². The summed E-state index contributed by atoms with van der Waals surface area (Å²) >= 11 is 0. The van der Waals surface area contributed by atoms with Gasteiger partial charge in [0.2, 0.25) is 5.91 Å². The van der Waals surface area contributed by atoms with Crippen LogP contribution in [0.25, 0.3) is 0 Å². The van der Waals surface area contributed by atoms with Crippen molar-refractivity contribution in [2.24, 2.45) is 0 Å². The molecule has 0 unspecified atom stereocenters. The minimum atomic E-state index is -0.206. The van der Waals surface area contributed by atoms with Gasteiger partial charge in [0.05, 0.1) is 12.5 Å². The Labute approximate surface area is 117 Å². The molecule has 2 N–H and O–H groups in total. The molecular weight excluding hydrogens is 256 g/mol. The SMILES string of the molecule is CCn1ncnc1[C@@H](C)NC(=O)Cc1cccc(O)c1. The number of amides is 1. The minimum Gasteiger partial charge on any atom is -0.508 e. The highest BCUT2D eigenvalue weighted by Gasteiger charge is 2.15. The quantitative estimate of drug-likeness (QED) is 0.864. The van der Waals surface area contributed by atoms with E-state index in [9.17, 15) is 9.90 Å². The van der Waals surface area contributed by atoms with Crippen molar-refractivity contribution in [2.45, 2.75) is 32.9 Å². The molecule has 0 aliphatic heterocycles. The Morgan fingerprint density at radius 3 is 3.00 bits per heavy atom. The molecule has 6 heteroatoms. The van der Waals surface area contributed by atoms with Gasteiger partial charge in [0, 0.05) is 6.54 Å². The van der Waals surface area contributed by atoms with E-state index < -0.39 is 0 Å². The number of aryl methyl sites for hydroxylation is 1. The number of carbonyl (C=O) groups is 1. The Hall–Kier alpha value is -2.37. The third-order valence-electron chi connectivity index (χ3n) is 2.99. The van der Waals surface area contributed by atoms with E-state index in [1.807, 2.05) is 13.8 Å². The monoisotopic (exact) mass is 274 g/mol. The maximum absolute atomic E-state index is 12.0. The van der Waals surface area contributed by atoms with Gasteiger partial charge >= 0.3 is 0 Å². The predicted molar refractivity (Wildman–Crippen MR) is 74.1 cm³/mol. The van der Waals surface area contributed by atoms with Gasteiger partial charge in [-0.1, -0.05) is 12.1 Å². The standard InChI is InChI=1S/C14H18N4O2/c1-3-18-14(15-9-16-18)10(2)17-13(20)8-11-5-4-6-12(19)7-11/h4-7,9-10,19H,3,8H2,1-2H3,(H,17,20)/t10-/m1/s1. The number of phenolic OH excluding ortho intramolecular Hbond substituents is 1. The predicted octanol–water partition coefficient (Wildman–Crippen LogP) is 1.42. The molecule has 2 aromatic rings. The summed E-state index contributed by atoms with van der Waals surface area (Å²) in [5, 5.41) is 16.3. The first-order chi connectivity index (χ1) is 9.60. The molecular formula is C14H18N4O2. The maximum atomic E-state index is 12.0. The van der Waals surface area contributed by atoms with Gasteiger partial charge in [-0.15, -0.1) is 0 Å². The van der Waals surface area contributed by atoms with E-state index in [1.54, 1.807) is 28.9 Å². The fourth-order valence-electron chi connectivity index (χ4n) is 2.06. The first-order valence-electron chi connectivity index (χ1n) is 6.55. The van der Waals surface area contributed by atoms with Crippen molar-refractivity contribution in [1.82, 2.24) is 20.1 Å². The number of carbonyl (C=O) groups excluding carboxylic acids is 1. The smallest absolute Gasteiger partial charge is 0.225 e. The van der Waals surface area contributed by atoms with Crippen molar-refractivity contribution < 1.29 is 9.90 Å². The normalized spacial score (nSPS) is 12.1. The van der Waals surface area contributed by atoms with Crippen LogP contribution in [0.3, 0.4) is 0 Å². The molecule has 0 aliphatic carbocycles. The lowest BCUT2D eigenvalue weighted by molar-refractivity contribution is -0.121. The lowest BCUT2D eigenvalue weighted by Gasteiger charge is -2.14. The molecule has 1 aromatic carbocycles. The van der Waals surface area contributed by atoms with Crippen LogP contribution in [0, 0.1) is 0 Å². The van der Waals surface area contributed by atoms with Crippen LogP contribution in [0.2, 0.25) is 0 Å². The van der Waals surface area contributed by atoms with Crippen LogP contribution < -0.4 is 5.32 Å². The number of nitrogens with one attached hydrogen (secondary N) is 1. The highest BCUT2D eigenvalue weighted by molar-refractivity contribution is 5.79. The summed E-state index contributed by atoms with van der Waals surface area (Å²) in [5.74, 6) is 0.777. The number of aromatic hydroxyl groups is 1. The summed E-state index contributed by atoms with van der Waals surface area (Å²) in [4.78, 5) is 16.1. The molecule has 0 radical (unpaired) electrons. The Balaban J connectivity index is 1.98. The fourth-order valence-corrected chi connectivity index (χ4v) is 2.06. The first-order valence-corrected chi connectivity index (χ1v) is 6.55. The summed E-state index contributed by atoms with van der Waals surface area (Å²) < 4.78 is 1.75. The zero-order valence-electron chi connectivity index (χ0n) is 11.6. The van der Waals surface area contributed by atoms with E-state index >= 15 is 0 Å². The largest absolute Gasteiger partial charge is 0.508 e. The van der Waals surface area contributed by atoms with Gasteiger partial charge < -0.3 is 10.4 Å². The van der Waals surface area contributed by atoms with E-state index in [2.05, 4.69) is 15.4 Å². The van der Waals surface area contributed by atoms with E-state index in [0.717, 1.165) is 11.4 Å². The Kier molecular flexibility index (Phi) is 4.34. The summed E-state index contributed by atoms with van der Waals surface area (Å²) in [7, 11) is 0. The molecule has 0 spiro atoms. The van der Waals surface area contributed by atoms with E-state index in [4.69, 9.17) is 0 Å². The van der Waals surface area contributed by atoms with Crippen LogP contribution >= 0.6 is 0 Å². The van der Waals surface area contributed by atoms with Crippen molar-refractivity contribution in [3.05, 3.63) is 42.0 Å². The molecule has 0 saturated carbocycles. The molecule has 0 aliphatic rings. The van der Waals surface area contributed by atoms with Gasteiger partial charge in [-0.25, -0.2) is 9.67 Å². The van der Waals surface area contributed by atoms with Crippen LogP contribution in [0.4, 0.5) is 0 Å². The lowest BCUT2D eigenvalue weighted by atomic mass is 10.1. The van der Waals surface area contributed by atoms with E-state index in [-0.39, 0.29) is 24.1 Å². The lowest BCUT2D eigenvalue weighted by Crippen LogP contribution is -2.30. The molecule has 0 fully saturated rings. The average Bonchev–Trinajstić information content (AvgIpc) is 2.86. The number of rotatable bonds is 5. The van der Waals surface area contributed by atoms with Gasteiger partial charge in [0.1, 0.15) is 17.9 Å². The van der Waals surface area contributed by atoms with Crippen molar-refractivity contribution >= 4 is 5.91 Å². The summed E-state index contributed by atoms with van der Waals surface area (Å²) in [5.41, 5.74) is 0.770. The topological polar surface area (TPSA) is 80.0 Å². The molecule has 1 amide bonds. The Morgan fingerprint density at radius 1 is 1.50 bits per heavy atom. The molecule has 20 heavy (non-hydrogen) atoms. The van der Waals surface area contributed by atoms with Gasteiger partial charge in [0.15, 0.2) is 0 Å². The van der Waals surface area contributed by atoms with Crippen molar-refractivity contribution in [1.29, 1.82) is 0 Å². The molecule has 6 nitrogen and oxygen atoms in total. The first kappa shape index (κ1) is 14.0. The van der Waals surface area contributed by atoms with Gasteiger partial charge in [-0.3, -0.25) is 4.79 Å². The Morgan fingerprint density at radius 2 is 2.30 bits per heavy atom. The molecule has 0 bridgehead atoms. The summed E-state index contributed by atoms with van der Waals surface area (Å²) in [6.07, 6.45) is 1.70. The highest BCUT2D eigenvalue weighted by atomic mass is 16.3. The zero-order valence-corrected chi connectivity index (χ0v) is 11.6. The molecule has 0 saturated heterocycles. The number of phenols is 1. The van der Waals surface area contributed by atoms with Crippen molar-refractivity contribution in [3.8, 4) is 5.75 Å². The van der Waals surface area contributed by atoms with Crippen LogP contribution in [-0.2, 0) is 17.8 Å². The summed E-state index contributed by atoms with van der Waals surface area (Å²) in [6.45, 7) is 4.55. The Bertz CT molecular complexity index is 594. The molecule has 2 rings (SSSR count). The number of hydrogen-bond acceptors (Lipinski definition) is 4. The van der Waals surface area contributed by atoms with Crippen molar-refractivity contribution in [2.75, 3.05) is 0 Å². The summed E-state index contributed by atoms with van der Waals surface area (Å²) in [6, 6.07) is 6.47. The van der Waals surface area contributed by atoms with Crippen LogP contribution in [0.1, 0.15) is 31.3 Å². The zero-order chi connectivity index (χ0) is 14.5. The third kappa shape index (κ3) is 3.34. The van der Waals surface area contributed by atoms with Crippen LogP contribution in [0.15, 0.2) is 30.6 Å². The molecule has 1 heterocycles. The second kappa shape index (κ2) is 6.18. The second-order valence-electron chi connectivity index (χ2n) is 4.57. The number of nitrogens with zero attached hydrogens (tertiary/aromatic N) is 3. The highest BCUT2D eigenvalue weighted by Crippen LogP contribution is 2.12. The number of aromatic nitrogens is 3.